The van der Waals surface area contributed by atoms with Gasteiger partial charge in [-0.2, -0.15) is 0 Å². The van der Waals surface area contributed by atoms with Crippen LogP contribution in [0.15, 0.2) is 122 Å². The number of esters is 3. The van der Waals surface area contributed by atoms with Crippen LogP contribution >= 0.6 is 7.82 Å². The quantitative estimate of drug-likeness (QED) is 0.0197. The molecule has 0 rings (SSSR count). The van der Waals surface area contributed by atoms with Crippen molar-refractivity contribution in [3.8, 4) is 0 Å². The molecule has 0 saturated heterocycles. The fourth-order valence-electron chi connectivity index (χ4n) is 8.42. The van der Waals surface area contributed by atoms with E-state index in [2.05, 4.69) is 142 Å². The average molecular weight is 1170 g/mol. The van der Waals surface area contributed by atoms with Gasteiger partial charge in [0.15, 0.2) is 6.10 Å². The van der Waals surface area contributed by atoms with Crippen molar-refractivity contribution in [2.75, 3.05) is 26.4 Å². The highest BCUT2D eigenvalue weighted by Gasteiger charge is 2.28. The number of unbranched alkanes of at least 4 members (excludes halogenated alkanes) is 22. The Kier molecular flexibility index (Phi) is 59.8. The maximum atomic E-state index is 13.0. The summed E-state index contributed by atoms with van der Waals surface area (Å²) in [6, 6.07) is 0. The summed E-state index contributed by atoms with van der Waals surface area (Å²) in [7, 11) is -4.78. The molecular weight excluding hydrogens is 1050 g/mol. The Morgan fingerprint density at radius 1 is 0.354 bits per heavy atom. The minimum Gasteiger partial charge on any atom is -0.462 e. The van der Waals surface area contributed by atoms with Crippen LogP contribution in [0.4, 0.5) is 0 Å². The molecule has 0 aromatic rings. The van der Waals surface area contributed by atoms with Crippen LogP contribution in [0, 0.1) is 0 Å². The van der Waals surface area contributed by atoms with Gasteiger partial charge in [-0.1, -0.05) is 232 Å². The van der Waals surface area contributed by atoms with Crippen LogP contribution in [0.5, 0.6) is 0 Å². The van der Waals surface area contributed by atoms with Gasteiger partial charge in [0.1, 0.15) is 12.7 Å². The highest BCUT2D eigenvalue weighted by atomic mass is 31.2. The lowest BCUT2D eigenvalue weighted by Crippen LogP contribution is -2.30. The van der Waals surface area contributed by atoms with E-state index in [1.807, 2.05) is 0 Å². The summed E-state index contributed by atoms with van der Waals surface area (Å²) in [5, 5.41) is 9.86. The van der Waals surface area contributed by atoms with Crippen molar-refractivity contribution in [3.63, 3.8) is 0 Å². The standard InChI is InChI=1S/C70H117O11P/c1-4-7-10-13-16-19-22-25-28-31-33-36-39-42-45-48-51-54-57-60-69(73)80-66(62-71)64-78-82(75,76)79-65-67(63-77-68(72)59-56-53-50-47-44-41-38-35-30-27-24-21-18-15-12-9-6-3)81-70(74)61-58-55-52-49-46-43-40-37-34-32-29-26-23-20-17-14-11-8-5-2/h8,11,16-21,25-30,33-34,36-37,43,46,66-67,71H,4-7,9-10,12-15,22-24,31-32,35,38-42,44-45,47-65H2,1-3H3,(H,75,76)/b11-8-,19-16-,20-17-,21-18-,28-25-,29-26-,30-27-,36-33-,37-34-,46-43-. The number of rotatable bonds is 59. The molecule has 2 N–H and O–H groups in total. The van der Waals surface area contributed by atoms with Crippen molar-refractivity contribution in [1.82, 2.24) is 0 Å². The van der Waals surface area contributed by atoms with Crippen LogP contribution in [-0.4, -0.2) is 66.5 Å². The summed E-state index contributed by atoms with van der Waals surface area (Å²) >= 11 is 0. The van der Waals surface area contributed by atoms with E-state index in [0.29, 0.717) is 19.3 Å². The van der Waals surface area contributed by atoms with Crippen LogP contribution in [0.3, 0.4) is 0 Å². The largest absolute Gasteiger partial charge is 0.472 e. The lowest BCUT2D eigenvalue weighted by atomic mass is 10.1. The molecule has 82 heavy (non-hydrogen) atoms. The minimum atomic E-state index is -4.78. The molecule has 0 heterocycles. The molecule has 3 atom stereocenters. The molecule has 0 fully saturated rings. The number of allylic oxidation sites excluding steroid dienone is 20. The number of hydrogen-bond donors (Lipinski definition) is 2. The lowest BCUT2D eigenvalue weighted by molar-refractivity contribution is -0.161. The maximum Gasteiger partial charge on any atom is 0.472 e. The van der Waals surface area contributed by atoms with Gasteiger partial charge in [0, 0.05) is 19.3 Å². The second-order valence-electron chi connectivity index (χ2n) is 21.2. The van der Waals surface area contributed by atoms with E-state index in [1.54, 1.807) is 0 Å². The smallest absolute Gasteiger partial charge is 0.462 e. The van der Waals surface area contributed by atoms with E-state index in [1.165, 1.54) is 64.2 Å². The third kappa shape index (κ3) is 60.5. The summed E-state index contributed by atoms with van der Waals surface area (Å²) in [5.41, 5.74) is 0. The Hall–Kier alpha value is -4.12. The number of aliphatic hydroxyl groups excluding tert-OH is 1. The van der Waals surface area contributed by atoms with Gasteiger partial charge in [-0.25, -0.2) is 4.57 Å². The fourth-order valence-corrected chi connectivity index (χ4v) is 9.20. The average Bonchev–Trinajstić information content (AvgIpc) is 3.50. The SMILES string of the molecule is CC/C=C\C/C=C\C/C=C\C/C=C\C/C=C\CCCCCC(=O)OC(COC(=O)CCCCCCCCC/C=C\C/C=C\CCCCC)COP(=O)(O)OCC(CO)OC(=O)CCCCCCCC/C=C\C/C=C\C/C=C\CCCCC. The van der Waals surface area contributed by atoms with Crippen molar-refractivity contribution in [3.05, 3.63) is 122 Å². The monoisotopic (exact) mass is 1160 g/mol. The van der Waals surface area contributed by atoms with Gasteiger partial charge in [0.25, 0.3) is 0 Å². The van der Waals surface area contributed by atoms with Crippen LogP contribution in [-0.2, 0) is 42.2 Å². The number of phosphoric ester groups is 1. The minimum absolute atomic E-state index is 0.120. The zero-order chi connectivity index (χ0) is 59.8. The van der Waals surface area contributed by atoms with Gasteiger partial charge in [0.05, 0.1) is 19.8 Å². The number of phosphoric acid groups is 1. The van der Waals surface area contributed by atoms with Crippen molar-refractivity contribution >= 4 is 25.7 Å². The Morgan fingerprint density at radius 2 is 0.634 bits per heavy atom. The number of carbonyl (C=O) groups excluding carboxylic acids is 3. The third-order valence-electron chi connectivity index (χ3n) is 13.3. The van der Waals surface area contributed by atoms with E-state index in [-0.39, 0.29) is 25.9 Å². The normalized spacial score (nSPS) is 14.1. The van der Waals surface area contributed by atoms with Crippen LogP contribution in [0.1, 0.15) is 265 Å². The Bertz CT molecular complexity index is 1840. The highest BCUT2D eigenvalue weighted by molar-refractivity contribution is 7.47. The van der Waals surface area contributed by atoms with Crippen LogP contribution in [0.2, 0.25) is 0 Å². The molecule has 0 amide bonds. The van der Waals surface area contributed by atoms with E-state index in [9.17, 15) is 28.9 Å². The van der Waals surface area contributed by atoms with E-state index in [4.69, 9.17) is 23.3 Å². The lowest BCUT2D eigenvalue weighted by Gasteiger charge is -2.21. The van der Waals surface area contributed by atoms with Crippen molar-refractivity contribution in [2.24, 2.45) is 0 Å². The molecule has 0 bridgehead atoms. The predicted octanol–water partition coefficient (Wildman–Crippen LogP) is 19.9. The van der Waals surface area contributed by atoms with Crippen molar-refractivity contribution < 1.29 is 52.2 Å². The van der Waals surface area contributed by atoms with E-state index < -0.39 is 57.8 Å². The van der Waals surface area contributed by atoms with Gasteiger partial charge in [-0.15, -0.1) is 0 Å². The summed E-state index contributed by atoms with van der Waals surface area (Å²) in [6.45, 7) is 4.43. The van der Waals surface area contributed by atoms with Crippen LogP contribution < -0.4 is 0 Å². The van der Waals surface area contributed by atoms with Gasteiger partial charge in [0.2, 0.25) is 0 Å². The first-order chi connectivity index (χ1) is 40.2. The number of ether oxygens (including phenoxy) is 3. The third-order valence-corrected chi connectivity index (χ3v) is 14.3. The van der Waals surface area contributed by atoms with Crippen LogP contribution in [0.25, 0.3) is 0 Å². The molecular formula is C70H117O11P. The summed E-state index contributed by atoms with van der Waals surface area (Å²) in [4.78, 5) is 48.8. The first kappa shape index (κ1) is 77.9. The molecule has 0 aromatic heterocycles. The topological polar surface area (TPSA) is 155 Å². The Labute approximate surface area is 500 Å². The summed E-state index contributed by atoms with van der Waals surface area (Å²) in [6.07, 6.45) is 78.5. The van der Waals surface area contributed by atoms with Gasteiger partial charge in [-0.3, -0.25) is 23.4 Å². The van der Waals surface area contributed by atoms with Gasteiger partial charge in [-0.05, 0) is 135 Å². The summed E-state index contributed by atoms with van der Waals surface area (Å²) < 4.78 is 39.7. The zero-order valence-corrected chi connectivity index (χ0v) is 52.8. The zero-order valence-electron chi connectivity index (χ0n) is 51.9. The first-order valence-corrected chi connectivity index (χ1v) is 33.9. The molecule has 3 unspecified atom stereocenters. The number of aliphatic hydroxyl groups is 1. The van der Waals surface area contributed by atoms with E-state index >= 15 is 0 Å². The first-order valence-electron chi connectivity index (χ1n) is 32.4. The molecule has 0 aromatic carbocycles. The molecule has 12 heteroatoms. The highest BCUT2D eigenvalue weighted by Crippen LogP contribution is 2.43. The molecule has 0 aliphatic rings. The van der Waals surface area contributed by atoms with Crippen molar-refractivity contribution in [2.45, 2.75) is 277 Å². The van der Waals surface area contributed by atoms with E-state index in [0.717, 1.165) is 141 Å². The van der Waals surface area contributed by atoms with Gasteiger partial charge < -0.3 is 24.2 Å². The molecule has 0 aliphatic heterocycles. The molecule has 0 saturated carbocycles. The molecule has 0 radical (unpaired) electrons. The molecule has 468 valence electrons. The molecule has 0 spiro atoms. The number of carbonyl (C=O) groups is 3. The predicted molar refractivity (Wildman–Crippen MR) is 343 cm³/mol. The van der Waals surface area contributed by atoms with Crippen molar-refractivity contribution in [1.29, 1.82) is 0 Å². The fraction of sp³-hybridized carbons (Fsp3) is 0.671. The maximum absolute atomic E-state index is 13.0. The summed E-state index contributed by atoms with van der Waals surface area (Å²) in [5.74, 6) is -1.53. The second kappa shape index (κ2) is 62.9. The molecule has 11 nitrogen and oxygen atoms in total. The Balaban J connectivity index is 4.79. The number of hydrogen-bond acceptors (Lipinski definition) is 10. The Morgan fingerprint density at radius 3 is 0.988 bits per heavy atom. The molecule has 0 aliphatic carbocycles. The van der Waals surface area contributed by atoms with Gasteiger partial charge >= 0.3 is 25.7 Å². The second-order valence-corrected chi connectivity index (χ2v) is 22.6.